The number of carboxylic acid groups (broad SMARTS) is 1. The van der Waals surface area contributed by atoms with Crippen LogP contribution < -0.4 is 0 Å². The molecule has 0 radical (unpaired) electrons. The summed E-state index contributed by atoms with van der Waals surface area (Å²) in [5, 5.41) is 12.7. The molecule has 0 atom stereocenters. The highest BCUT2D eigenvalue weighted by atomic mass is 19.4. The lowest BCUT2D eigenvalue weighted by Gasteiger charge is -2.11. The van der Waals surface area contributed by atoms with E-state index in [0.29, 0.717) is 11.8 Å². The minimum atomic E-state index is -4.61. The lowest BCUT2D eigenvalue weighted by atomic mass is 9.99. The van der Waals surface area contributed by atoms with Crippen molar-refractivity contribution >= 4 is 11.7 Å². The van der Waals surface area contributed by atoms with Crippen LogP contribution in [-0.4, -0.2) is 23.9 Å². The molecule has 1 aliphatic rings. The van der Waals surface area contributed by atoms with Gasteiger partial charge in [0.05, 0.1) is 16.8 Å². The Bertz CT molecular complexity index is 562. The molecule has 4 nitrogen and oxygen atoms in total. The number of benzene rings is 1. The molecule has 1 saturated carbocycles. The Hall–Kier alpha value is -2.05. The number of aromatic carboxylic acids is 1. The molecule has 0 unspecified atom stereocenters. The molecule has 2 rings (SSSR count). The average Bonchev–Trinajstić information content (AvgIpc) is 3.18. The van der Waals surface area contributed by atoms with E-state index < -0.39 is 23.3 Å². The molecule has 1 aromatic rings. The maximum Gasteiger partial charge on any atom is 0.416 e. The van der Waals surface area contributed by atoms with E-state index in [1.165, 1.54) is 13.2 Å². The minimum Gasteiger partial charge on any atom is -0.478 e. The van der Waals surface area contributed by atoms with Crippen LogP contribution in [0.25, 0.3) is 0 Å². The highest BCUT2D eigenvalue weighted by Crippen LogP contribution is 2.36. The SMILES string of the molecule is CO/N=C(\c1cc(C(=O)O)cc(C(F)(F)F)c1)C1CC1. The lowest BCUT2D eigenvalue weighted by Crippen LogP contribution is -2.12. The van der Waals surface area contributed by atoms with Gasteiger partial charge in [-0.05, 0) is 31.0 Å². The Morgan fingerprint density at radius 2 is 1.90 bits per heavy atom. The van der Waals surface area contributed by atoms with Crippen LogP contribution in [-0.2, 0) is 11.0 Å². The maximum absolute atomic E-state index is 12.8. The second-order valence-electron chi connectivity index (χ2n) is 4.54. The van der Waals surface area contributed by atoms with Crippen LogP contribution in [0.15, 0.2) is 23.4 Å². The zero-order chi connectivity index (χ0) is 14.9. The number of carboxylic acids is 1. The van der Waals surface area contributed by atoms with Gasteiger partial charge < -0.3 is 9.94 Å². The van der Waals surface area contributed by atoms with Crippen LogP contribution in [0.3, 0.4) is 0 Å². The number of alkyl halides is 3. The highest BCUT2D eigenvalue weighted by Gasteiger charge is 2.35. The number of carbonyl (C=O) groups is 1. The third kappa shape index (κ3) is 3.09. The molecule has 0 aliphatic heterocycles. The molecule has 0 saturated heterocycles. The Kier molecular flexibility index (Phi) is 3.69. The number of hydrogen-bond donors (Lipinski definition) is 1. The molecule has 0 aromatic heterocycles. The third-order valence-electron chi connectivity index (χ3n) is 2.96. The summed E-state index contributed by atoms with van der Waals surface area (Å²) in [6.45, 7) is 0. The fraction of sp³-hybridized carbons (Fsp3) is 0.385. The standard InChI is InChI=1S/C13H12F3NO3/c1-20-17-11(7-2-3-7)8-4-9(12(18)19)6-10(5-8)13(14,15)16/h4-7H,2-3H2,1H3,(H,18,19)/b17-11-. The van der Waals surface area contributed by atoms with Crippen LogP contribution in [0.4, 0.5) is 13.2 Å². The van der Waals surface area contributed by atoms with E-state index in [-0.39, 0.29) is 11.5 Å². The molecule has 0 amide bonds. The van der Waals surface area contributed by atoms with Crippen molar-refractivity contribution in [2.75, 3.05) is 7.11 Å². The molecule has 0 heterocycles. The van der Waals surface area contributed by atoms with Gasteiger partial charge in [0, 0.05) is 11.5 Å². The first-order valence-corrected chi connectivity index (χ1v) is 5.90. The van der Waals surface area contributed by atoms with Crippen LogP contribution >= 0.6 is 0 Å². The van der Waals surface area contributed by atoms with E-state index in [1.54, 1.807) is 0 Å². The topological polar surface area (TPSA) is 58.9 Å². The summed E-state index contributed by atoms with van der Waals surface area (Å²) in [6, 6.07) is 2.71. The number of nitrogens with zero attached hydrogens (tertiary/aromatic N) is 1. The van der Waals surface area contributed by atoms with Crippen LogP contribution in [0.2, 0.25) is 0 Å². The Morgan fingerprint density at radius 1 is 1.30 bits per heavy atom. The van der Waals surface area contributed by atoms with Gasteiger partial charge in [-0.2, -0.15) is 13.2 Å². The van der Waals surface area contributed by atoms with E-state index >= 15 is 0 Å². The van der Waals surface area contributed by atoms with E-state index in [9.17, 15) is 18.0 Å². The van der Waals surface area contributed by atoms with Gasteiger partial charge in [0.2, 0.25) is 0 Å². The molecule has 20 heavy (non-hydrogen) atoms. The summed E-state index contributed by atoms with van der Waals surface area (Å²) in [5.74, 6) is -1.38. The molecular formula is C13H12F3NO3. The van der Waals surface area contributed by atoms with Crippen molar-refractivity contribution in [2.45, 2.75) is 19.0 Å². The highest BCUT2D eigenvalue weighted by molar-refractivity contribution is 6.05. The fourth-order valence-electron chi connectivity index (χ4n) is 1.88. The summed E-state index contributed by atoms with van der Waals surface area (Å²) >= 11 is 0. The van der Waals surface area contributed by atoms with Gasteiger partial charge >= 0.3 is 12.1 Å². The van der Waals surface area contributed by atoms with Crippen molar-refractivity contribution in [3.8, 4) is 0 Å². The van der Waals surface area contributed by atoms with Crippen molar-refractivity contribution in [1.82, 2.24) is 0 Å². The van der Waals surface area contributed by atoms with E-state index in [4.69, 9.17) is 5.11 Å². The molecule has 0 bridgehead atoms. The minimum absolute atomic E-state index is 0.0279. The summed E-state index contributed by atoms with van der Waals surface area (Å²) in [4.78, 5) is 15.6. The van der Waals surface area contributed by atoms with Gasteiger partial charge in [0.25, 0.3) is 0 Å². The first-order chi connectivity index (χ1) is 9.32. The molecule has 0 spiro atoms. The molecule has 1 N–H and O–H groups in total. The largest absolute Gasteiger partial charge is 0.478 e. The first-order valence-electron chi connectivity index (χ1n) is 5.90. The lowest BCUT2D eigenvalue weighted by molar-refractivity contribution is -0.137. The molecule has 1 aliphatic carbocycles. The van der Waals surface area contributed by atoms with Crippen LogP contribution in [0, 0.1) is 5.92 Å². The monoisotopic (exact) mass is 287 g/mol. The van der Waals surface area contributed by atoms with Crippen molar-refractivity contribution in [1.29, 1.82) is 0 Å². The van der Waals surface area contributed by atoms with Crippen LogP contribution in [0.5, 0.6) is 0 Å². The number of hydrogen-bond acceptors (Lipinski definition) is 3. The van der Waals surface area contributed by atoms with Gasteiger partial charge in [0.1, 0.15) is 7.11 Å². The maximum atomic E-state index is 12.8. The Morgan fingerprint density at radius 3 is 2.35 bits per heavy atom. The second-order valence-corrected chi connectivity index (χ2v) is 4.54. The first kappa shape index (κ1) is 14.4. The second kappa shape index (κ2) is 5.15. The summed E-state index contributed by atoms with van der Waals surface area (Å²) in [5.41, 5.74) is -0.918. The summed E-state index contributed by atoms with van der Waals surface area (Å²) in [7, 11) is 1.30. The van der Waals surface area contributed by atoms with Crippen LogP contribution in [0.1, 0.15) is 34.3 Å². The van der Waals surface area contributed by atoms with E-state index in [0.717, 1.165) is 18.9 Å². The smallest absolute Gasteiger partial charge is 0.416 e. The zero-order valence-corrected chi connectivity index (χ0v) is 10.6. The fourth-order valence-corrected chi connectivity index (χ4v) is 1.88. The molecule has 1 aromatic carbocycles. The van der Waals surface area contributed by atoms with Gasteiger partial charge in [-0.15, -0.1) is 0 Å². The zero-order valence-electron chi connectivity index (χ0n) is 10.6. The predicted octanol–water partition coefficient (Wildman–Crippen LogP) is 3.16. The van der Waals surface area contributed by atoms with Crippen molar-refractivity contribution in [2.24, 2.45) is 11.1 Å². The Balaban J connectivity index is 2.54. The predicted molar refractivity (Wildman–Crippen MR) is 64.7 cm³/mol. The molecule has 1 fully saturated rings. The molecular weight excluding hydrogens is 275 g/mol. The van der Waals surface area contributed by atoms with Gasteiger partial charge in [-0.3, -0.25) is 0 Å². The Labute approximate surface area is 112 Å². The van der Waals surface area contributed by atoms with Crippen molar-refractivity contribution in [3.63, 3.8) is 0 Å². The number of oxime groups is 1. The number of rotatable bonds is 4. The molecule has 108 valence electrons. The van der Waals surface area contributed by atoms with Crippen molar-refractivity contribution < 1.29 is 27.9 Å². The third-order valence-corrected chi connectivity index (χ3v) is 2.96. The quantitative estimate of drug-likeness (QED) is 0.683. The van der Waals surface area contributed by atoms with E-state index in [1.807, 2.05) is 0 Å². The van der Waals surface area contributed by atoms with Gasteiger partial charge in [-0.1, -0.05) is 5.16 Å². The van der Waals surface area contributed by atoms with Gasteiger partial charge in [0.15, 0.2) is 0 Å². The van der Waals surface area contributed by atoms with Crippen molar-refractivity contribution in [3.05, 3.63) is 34.9 Å². The number of halogens is 3. The normalized spacial score (nSPS) is 16.1. The van der Waals surface area contributed by atoms with Gasteiger partial charge in [-0.25, -0.2) is 4.79 Å². The molecule has 7 heteroatoms. The summed E-state index contributed by atoms with van der Waals surface area (Å²) < 4.78 is 38.4. The van der Waals surface area contributed by atoms with E-state index in [2.05, 4.69) is 9.99 Å². The summed E-state index contributed by atoms with van der Waals surface area (Å²) in [6.07, 6.45) is -3.00. The average molecular weight is 287 g/mol.